The van der Waals surface area contributed by atoms with Gasteiger partial charge in [0.15, 0.2) is 30.4 Å². The van der Waals surface area contributed by atoms with Gasteiger partial charge in [-0.1, -0.05) is 91.0 Å². The third kappa shape index (κ3) is 13.8. The van der Waals surface area contributed by atoms with E-state index in [1.165, 1.54) is 0 Å². The molecule has 5 rings (SSSR count). The second-order valence-corrected chi connectivity index (χ2v) is 13.0. The van der Waals surface area contributed by atoms with Crippen LogP contribution in [0.3, 0.4) is 0 Å². The maximum atomic E-state index is 13.1. The zero-order valence-corrected chi connectivity index (χ0v) is 31.1. The summed E-state index contributed by atoms with van der Waals surface area (Å²) in [5.41, 5.74) is 2.17. The first-order valence-corrected chi connectivity index (χ1v) is 17.8. The molecule has 3 unspecified atom stereocenters. The zero-order valence-electron chi connectivity index (χ0n) is 31.1. The summed E-state index contributed by atoms with van der Waals surface area (Å²) in [6.45, 7) is 0.473. The smallest absolute Gasteiger partial charge is 0.407 e. The molecule has 5 atom stereocenters. The van der Waals surface area contributed by atoms with Crippen LogP contribution in [0.15, 0.2) is 91.0 Å². The average Bonchev–Trinajstić information content (AvgIpc) is 3.69. The normalized spacial score (nSPS) is 19.5. The Kier molecular flexibility index (Phi) is 15.2. The van der Waals surface area contributed by atoms with Gasteiger partial charge in [-0.25, -0.2) is 14.4 Å². The molecule has 18 heteroatoms. The Morgan fingerprint density at radius 3 is 1.51 bits per heavy atom. The number of hydrogen-bond acceptors (Lipinski definition) is 15. The van der Waals surface area contributed by atoms with Crippen molar-refractivity contribution in [1.29, 1.82) is 0 Å². The summed E-state index contributed by atoms with van der Waals surface area (Å²) in [5.74, 6) is -4.07. The number of hydrogen-bond donors (Lipinski definition) is 3. The maximum absolute atomic E-state index is 13.1. The van der Waals surface area contributed by atoms with Crippen LogP contribution in [0, 0.1) is 0 Å². The van der Waals surface area contributed by atoms with Gasteiger partial charge in [0.05, 0.1) is 0 Å². The topological polar surface area (TPSA) is 222 Å². The zero-order chi connectivity index (χ0) is 40.6. The minimum Gasteiger partial charge on any atom is -0.460 e. The van der Waals surface area contributed by atoms with E-state index in [2.05, 4.69) is 16.0 Å². The number of carbonyl (C=O) groups is 6. The van der Waals surface area contributed by atoms with Crippen LogP contribution in [-0.2, 0) is 76.8 Å². The molecule has 18 nitrogen and oxygen atoms in total. The van der Waals surface area contributed by atoms with Gasteiger partial charge >= 0.3 is 36.2 Å². The second kappa shape index (κ2) is 20.6. The van der Waals surface area contributed by atoms with E-state index in [0.29, 0.717) is 5.56 Å². The van der Waals surface area contributed by atoms with E-state index < -0.39 is 98.9 Å². The summed E-state index contributed by atoms with van der Waals surface area (Å²) >= 11 is 0. The van der Waals surface area contributed by atoms with E-state index in [9.17, 15) is 28.8 Å². The summed E-state index contributed by atoms with van der Waals surface area (Å²) in [5, 5.41) is 6.86. The second-order valence-electron chi connectivity index (χ2n) is 13.0. The molecule has 2 heterocycles. The van der Waals surface area contributed by atoms with Crippen molar-refractivity contribution < 1.29 is 71.4 Å². The molecule has 3 aromatic carbocycles. The van der Waals surface area contributed by atoms with Gasteiger partial charge in [-0.05, 0) is 30.5 Å². The first-order valence-electron chi connectivity index (χ1n) is 17.8. The van der Waals surface area contributed by atoms with Crippen molar-refractivity contribution in [2.45, 2.75) is 70.2 Å². The lowest BCUT2D eigenvalue weighted by atomic mass is 10.1. The molecule has 0 radical (unpaired) electrons. The Morgan fingerprint density at radius 2 is 1.04 bits per heavy atom. The van der Waals surface area contributed by atoms with E-state index in [1.807, 2.05) is 12.1 Å². The minimum absolute atomic E-state index is 0.0413. The van der Waals surface area contributed by atoms with E-state index in [1.54, 1.807) is 92.7 Å². The summed E-state index contributed by atoms with van der Waals surface area (Å²) < 4.78 is 49.8. The lowest BCUT2D eigenvalue weighted by molar-refractivity contribution is -0.234. The van der Waals surface area contributed by atoms with Gasteiger partial charge in [0, 0.05) is 0 Å². The number of fused-ring (bicyclic) bond motifs is 1. The molecule has 304 valence electrons. The fourth-order valence-corrected chi connectivity index (χ4v) is 5.52. The Morgan fingerprint density at radius 1 is 0.596 bits per heavy atom. The summed E-state index contributed by atoms with van der Waals surface area (Å²) in [6.07, 6.45) is -9.07. The molecule has 3 amide bonds. The van der Waals surface area contributed by atoms with Crippen molar-refractivity contribution in [1.82, 2.24) is 16.0 Å². The van der Waals surface area contributed by atoms with Crippen LogP contribution in [0.1, 0.15) is 30.5 Å². The van der Waals surface area contributed by atoms with Gasteiger partial charge in [0.25, 0.3) is 0 Å². The average molecular weight is 794 g/mol. The highest BCUT2D eigenvalue weighted by Gasteiger charge is 2.59. The van der Waals surface area contributed by atoms with Gasteiger partial charge in [-0.2, -0.15) is 0 Å². The fraction of sp³-hybridized carbons (Fsp3) is 0.385. The van der Waals surface area contributed by atoms with Crippen molar-refractivity contribution in [2.75, 3.05) is 26.2 Å². The van der Waals surface area contributed by atoms with Gasteiger partial charge in [-0.3, -0.25) is 14.4 Å². The number of alkyl carbamates (subject to hydrolysis) is 3. The molecular formula is C39H43N3O15. The Balaban J connectivity index is 1.20. The van der Waals surface area contributed by atoms with Crippen molar-refractivity contribution in [3.05, 3.63) is 108 Å². The van der Waals surface area contributed by atoms with Gasteiger partial charge in [0.2, 0.25) is 0 Å². The van der Waals surface area contributed by atoms with E-state index >= 15 is 0 Å². The van der Waals surface area contributed by atoms with E-state index in [0.717, 1.165) is 11.1 Å². The molecule has 3 N–H and O–H groups in total. The Hall–Kier alpha value is -6.24. The fourth-order valence-electron chi connectivity index (χ4n) is 5.52. The van der Waals surface area contributed by atoms with Crippen LogP contribution in [0.2, 0.25) is 0 Å². The SMILES string of the molecule is CC1(C)OC2O[C@@H](C(COC(=O)CNC(=O)OCc3ccccc3)OC(=O)CNC(=O)OCc3ccccc3)C(OC(=O)CNC(=O)OCc3ccccc3)[C@@H]2O1. The van der Waals surface area contributed by atoms with Crippen LogP contribution in [0.25, 0.3) is 0 Å². The first kappa shape index (κ1) is 41.9. The number of benzene rings is 3. The molecule has 2 aliphatic heterocycles. The van der Waals surface area contributed by atoms with Gasteiger partial charge in [-0.15, -0.1) is 0 Å². The number of ether oxygens (including phenoxy) is 9. The molecule has 2 aliphatic rings. The van der Waals surface area contributed by atoms with E-state index in [-0.39, 0.29) is 19.8 Å². The van der Waals surface area contributed by atoms with Crippen molar-refractivity contribution in [3.63, 3.8) is 0 Å². The molecular weight excluding hydrogens is 750 g/mol. The molecule has 57 heavy (non-hydrogen) atoms. The standard InChI is InChI=1S/C39H43N3O15/c1-39(2)56-34-33(54-31(45)20-42-38(48)52-23-27-16-10-5-11-17-27)32(55-35(34)57-39)28(53-30(44)19-41-37(47)51-22-26-14-8-4-9-15-26)24-49-29(43)18-40-36(46)50-21-25-12-6-3-7-13-25/h3-17,28,32-35H,18-24H2,1-2H3,(H,40,46)(H,41,47)(H,42,48)/t28?,32-,33?,34-,35?/m0/s1. The highest BCUT2D eigenvalue weighted by molar-refractivity contribution is 5.79. The largest absolute Gasteiger partial charge is 0.460 e. The predicted molar refractivity (Wildman–Crippen MR) is 193 cm³/mol. The van der Waals surface area contributed by atoms with Crippen LogP contribution in [0.4, 0.5) is 14.4 Å². The van der Waals surface area contributed by atoms with Crippen LogP contribution in [0.5, 0.6) is 0 Å². The van der Waals surface area contributed by atoms with E-state index in [4.69, 9.17) is 42.6 Å². The van der Waals surface area contributed by atoms with Crippen LogP contribution in [-0.4, -0.2) is 98.9 Å². The number of rotatable bonds is 17. The van der Waals surface area contributed by atoms with Gasteiger partial charge in [0.1, 0.15) is 52.2 Å². The molecule has 0 bridgehead atoms. The number of esters is 3. The molecule has 3 aromatic rings. The molecule has 0 aromatic heterocycles. The maximum Gasteiger partial charge on any atom is 0.407 e. The summed E-state index contributed by atoms with van der Waals surface area (Å²) in [4.78, 5) is 75.7. The minimum atomic E-state index is -1.49. The number of nitrogens with one attached hydrogen (secondary N) is 3. The Bertz CT molecular complexity index is 1810. The highest BCUT2D eigenvalue weighted by Crippen LogP contribution is 2.40. The quantitative estimate of drug-likeness (QED) is 0.132. The monoisotopic (exact) mass is 793 g/mol. The molecule has 0 spiro atoms. The molecule has 0 saturated carbocycles. The van der Waals surface area contributed by atoms with Crippen LogP contribution >= 0.6 is 0 Å². The molecule has 2 saturated heterocycles. The van der Waals surface area contributed by atoms with Crippen molar-refractivity contribution in [2.24, 2.45) is 0 Å². The third-order valence-electron chi connectivity index (χ3n) is 8.12. The third-order valence-corrected chi connectivity index (χ3v) is 8.12. The lowest BCUT2D eigenvalue weighted by Crippen LogP contribution is -2.49. The molecule has 0 aliphatic carbocycles. The summed E-state index contributed by atoms with van der Waals surface area (Å²) in [6, 6.07) is 26.6. The Labute approximate surface area is 327 Å². The molecule has 2 fully saturated rings. The lowest BCUT2D eigenvalue weighted by Gasteiger charge is -2.30. The van der Waals surface area contributed by atoms with Crippen molar-refractivity contribution >= 4 is 36.2 Å². The van der Waals surface area contributed by atoms with Crippen LogP contribution < -0.4 is 16.0 Å². The number of amides is 3. The summed E-state index contributed by atoms with van der Waals surface area (Å²) in [7, 11) is 0. The van der Waals surface area contributed by atoms with Gasteiger partial charge < -0.3 is 58.6 Å². The predicted octanol–water partition coefficient (Wildman–Crippen LogP) is 3.01. The highest BCUT2D eigenvalue weighted by atomic mass is 16.8. The van der Waals surface area contributed by atoms with Crippen molar-refractivity contribution in [3.8, 4) is 0 Å². The first-order chi connectivity index (χ1) is 27.4. The number of carbonyl (C=O) groups excluding carboxylic acids is 6.